The van der Waals surface area contributed by atoms with Gasteiger partial charge in [0, 0.05) is 16.7 Å². The molecule has 0 spiro atoms. The van der Waals surface area contributed by atoms with Crippen molar-refractivity contribution in [2.75, 3.05) is 0 Å². The van der Waals surface area contributed by atoms with E-state index in [1.54, 1.807) is 18.2 Å². The summed E-state index contributed by atoms with van der Waals surface area (Å²) in [5, 5.41) is -0.129. The Morgan fingerprint density at radius 2 is 1.61 bits per heavy atom. The zero-order valence-corrected chi connectivity index (χ0v) is 16.3. The van der Waals surface area contributed by atoms with E-state index in [0.29, 0.717) is 0 Å². The van der Waals surface area contributed by atoms with Gasteiger partial charge in [0.25, 0.3) is 0 Å². The zero-order chi connectivity index (χ0) is 22.2. The highest BCUT2D eigenvalue weighted by atomic mass is 35.5. The molecule has 0 N–H and O–H groups in total. The average molecular weight is 445 g/mol. The molecule has 8 heteroatoms. The average Bonchev–Trinajstić information content (AvgIpc) is 2.74. The van der Waals surface area contributed by atoms with E-state index < -0.39 is 28.9 Å². The van der Waals surface area contributed by atoms with Gasteiger partial charge in [0.05, 0.1) is 16.5 Å². The second kappa shape index (κ2) is 7.92. The van der Waals surface area contributed by atoms with Gasteiger partial charge in [-0.1, -0.05) is 48.0 Å². The highest BCUT2D eigenvalue weighted by Crippen LogP contribution is 2.39. The minimum absolute atomic E-state index is 0.0203. The van der Waals surface area contributed by atoms with Crippen molar-refractivity contribution in [1.82, 2.24) is 0 Å². The highest BCUT2D eigenvalue weighted by molar-refractivity contribution is 6.33. The molecule has 4 rings (SSSR count). The molecule has 0 bridgehead atoms. The maximum Gasteiger partial charge on any atom is 0.450 e. The van der Waals surface area contributed by atoms with Gasteiger partial charge in [-0.2, -0.15) is 13.2 Å². The van der Waals surface area contributed by atoms with Crippen molar-refractivity contribution in [1.29, 1.82) is 0 Å². The van der Waals surface area contributed by atoms with E-state index >= 15 is 0 Å². The lowest BCUT2D eigenvalue weighted by atomic mass is 10.0. The van der Waals surface area contributed by atoms with Crippen molar-refractivity contribution >= 4 is 28.5 Å². The molecule has 4 nitrogen and oxygen atoms in total. The summed E-state index contributed by atoms with van der Waals surface area (Å²) >= 11 is 6.04. The summed E-state index contributed by atoms with van der Waals surface area (Å²) in [4.78, 5) is 25.2. The van der Waals surface area contributed by atoms with Crippen LogP contribution in [0.4, 0.5) is 13.2 Å². The lowest BCUT2D eigenvalue weighted by molar-refractivity contribution is -0.152. The Hall–Kier alpha value is -3.58. The number of rotatable bonds is 3. The van der Waals surface area contributed by atoms with E-state index in [4.69, 9.17) is 20.8 Å². The number of alkyl halides is 3. The second-order valence-corrected chi connectivity index (χ2v) is 6.93. The van der Waals surface area contributed by atoms with E-state index in [1.807, 2.05) is 0 Å². The molecular weight excluding hydrogens is 433 g/mol. The third-order valence-electron chi connectivity index (χ3n) is 4.48. The van der Waals surface area contributed by atoms with Gasteiger partial charge in [0.1, 0.15) is 11.3 Å². The molecule has 0 saturated carbocycles. The zero-order valence-electron chi connectivity index (χ0n) is 15.6. The van der Waals surface area contributed by atoms with Crippen LogP contribution >= 0.6 is 11.6 Å². The Kier molecular flexibility index (Phi) is 5.29. The van der Waals surface area contributed by atoms with Crippen molar-refractivity contribution in [2.24, 2.45) is 0 Å². The van der Waals surface area contributed by atoms with Crippen LogP contribution < -0.4 is 10.2 Å². The van der Waals surface area contributed by atoms with Crippen LogP contribution in [-0.2, 0) is 6.18 Å². The molecule has 0 aliphatic carbocycles. The summed E-state index contributed by atoms with van der Waals surface area (Å²) in [5.41, 5.74) is -1.78. The molecule has 156 valence electrons. The number of fused-ring (bicyclic) bond motifs is 1. The number of benzene rings is 3. The number of carbonyl (C=O) groups excluding carboxylic acids is 1. The summed E-state index contributed by atoms with van der Waals surface area (Å²) in [6, 6.07) is 17.4. The van der Waals surface area contributed by atoms with E-state index in [9.17, 15) is 22.8 Å². The van der Waals surface area contributed by atoms with E-state index in [0.717, 1.165) is 6.07 Å². The predicted molar refractivity (Wildman–Crippen MR) is 109 cm³/mol. The summed E-state index contributed by atoms with van der Waals surface area (Å²) in [6.45, 7) is 0. The normalized spacial score (nSPS) is 11.5. The molecule has 0 unspecified atom stereocenters. The molecule has 0 amide bonds. The number of ether oxygens (including phenoxy) is 1. The van der Waals surface area contributed by atoms with Gasteiger partial charge in [-0.3, -0.25) is 4.79 Å². The minimum atomic E-state index is -4.96. The van der Waals surface area contributed by atoms with Crippen molar-refractivity contribution in [2.45, 2.75) is 6.18 Å². The fourth-order valence-electron chi connectivity index (χ4n) is 3.09. The molecule has 0 saturated heterocycles. The second-order valence-electron chi connectivity index (χ2n) is 6.53. The van der Waals surface area contributed by atoms with Crippen molar-refractivity contribution in [3.63, 3.8) is 0 Å². The molecule has 31 heavy (non-hydrogen) atoms. The molecule has 3 aromatic carbocycles. The summed E-state index contributed by atoms with van der Waals surface area (Å²) in [7, 11) is 0. The fourth-order valence-corrected chi connectivity index (χ4v) is 3.32. The maximum atomic E-state index is 13.7. The first-order valence-corrected chi connectivity index (χ1v) is 9.33. The van der Waals surface area contributed by atoms with E-state index in [2.05, 4.69) is 0 Å². The van der Waals surface area contributed by atoms with Gasteiger partial charge in [-0.05, 0) is 30.3 Å². The third-order valence-corrected chi connectivity index (χ3v) is 4.81. The SMILES string of the molecule is O=C(Oc1ccc2c(=O)c(-c3ccccc3Cl)c(C(F)(F)F)oc2c1)c1ccccc1. The van der Waals surface area contributed by atoms with Crippen LogP contribution in [0.2, 0.25) is 5.02 Å². The van der Waals surface area contributed by atoms with Gasteiger partial charge in [0.15, 0.2) is 0 Å². The van der Waals surface area contributed by atoms with Gasteiger partial charge >= 0.3 is 12.1 Å². The summed E-state index contributed by atoms with van der Waals surface area (Å²) in [5.74, 6) is -2.25. The van der Waals surface area contributed by atoms with Crippen LogP contribution in [0.15, 0.2) is 82.0 Å². The number of halogens is 4. The van der Waals surface area contributed by atoms with E-state index in [1.165, 1.54) is 48.5 Å². The van der Waals surface area contributed by atoms with Crippen LogP contribution in [-0.4, -0.2) is 5.97 Å². The van der Waals surface area contributed by atoms with Crippen molar-refractivity contribution in [3.05, 3.63) is 99.4 Å². The van der Waals surface area contributed by atoms with Crippen LogP contribution in [0.1, 0.15) is 16.1 Å². The maximum absolute atomic E-state index is 13.7. The Balaban J connectivity index is 1.86. The number of esters is 1. The number of hydrogen-bond donors (Lipinski definition) is 0. The molecule has 0 aliphatic heterocycles. The molecular formula is C23H12ClF3O4. The Morgan fingerprint density at radius 1 is 0.935 bits per heavy atom. The fraction of sp³-hybridized carbons (Fsp3) is 0.0435. The lowest BCUT2D eigenvalue weighted by Gasteiger charge is -2.14. The first kappa shape index (κ1) is 20.7. The van der Waals surface area contributed by atoms with Gasteiger partial charge < -0.3 is 9.15 Å². The monoisotopic (exact) mass is 444 g/mol. The summed E-state index contributed by atoms with van der Waals surface area (Å²) < 4.78 is 51.5. The largest absolute Gasteiger partial charge is 0.450 e. The minimum Gasteiger partial charge on any atom is -0.450 e. The molecule has 0 radical (unpaired) electrons. The van der Waals surface area contributed by atoms with Crippen LogP contribution in [0, 0.1) is 0 Å². The van der Waals surface area contributed by atoms with Gasteiger partial charge in [-0.15, -0.1) is 0 Å². The molecule has 1 aromatic heterocycles. The van der Waals surface area contributed by atoms with Crippen LogP contribution in [0.3, 0.4) is 0 Å². The Bertz CT molecular complexity index is 1340. The molecule has 0 aliphatic rings. The molecule has 0 atom stereocenters. The number of hydrogen-bond acceptors (Lipinski definition) is 4. The lowest BCUT2D eigenvalue weighted by Crippen LogP contribution is -2.16. The third kappa shape index (κ3) is 4.04. The van der Waals surface area contributed by atoms with Gasteiger partial charge in [0.2, 0.25) is 11.2 Å². The summed E-state index contributed by atoms with van der Waals surface area (Å²) in [6.07, 6.45) is -4.96. The topological polar surface area (TPSA) is 56.5 Å². The molecule has 0 fully saturated rings. The van der Waals surface area contributed by atoms with E-state index in [-0.39, 0.29) is 32.9 Å². The smallest absolute Gasteiger partial charge is 0.450 e. The number of carbonyl (C=O) groups is 1. The van der Waals surface area contributed by atoms with Gasteiger partial charge in [-0.25, -0.2) is 4.79 Å². The van der Waals surface area contributed by atoms with Crippen LogP contribution in [0.25, 0.3) is 22.1 Å². The Labute approximate surface area is 178 Å². The first-order chi connectivity index (χ1) is 14.8. The molecule has 4 aromatic rings. The van der Waals surface area contributed by atoms with Crippen molar-refractivity contribution < 1.29 is 27.1 Å². The predicted octanol–water partition coefficient (Wildman–Crippen LogP) is 6.35. The standard InChI is InChI=1S/C23H12ClF3O4/c24-17-9-5-4-8-15(17)19-20(28)16-11-10-14(12-18(16)31-21(19)23(25,26)27)30-22(29)13-6-2-1-3-7-13/h1-12H. The first-order valence-electron chi connectivity index (χ1n) is 8.96. The Morgan fingerprint density at radius 3 is 2.29 bits per heavy atom. The van der Waals surface area contributed by atoms with Crippen LogP contribution in [0.5, 0.6) is 5.75 Å². The molecule has 1 heterocycles. The van der Waals surface area contributed by atoms with Crippen molar-refractivity contribution in [3.8, 4) is 16.9 Å². The quantitative estimate of drug-likeness (QED) is 0.273. The highest BCUT2D eigenvalue weighted by Gasteiger charge is 2.39.